The predicted octanol–water partition coefficient (Wildman–Crippen LogP) is 1.35. The predicted molar refractivity (Wildman–Crippen MR) is 37.2 cm³/mol. The topological polar surface area (TPSA) is 38.9 Å². The van der Waals surface area contributed by atoms with Crippen molar-refractivity contribution in [1.29, 1.82) is 0 Å². The fourth-order valence-corrected chi connectivity index (χ4v) is 0.702. The molecule has 0 radical (unpaired) electrons. The third kappa shape index (κ3) is 1.94. The van der Waals surface area contributed by atoms with Crippen LogP contribution in [0.15, 0.2) is 24.4 Å². The maximum Gasteiger partial charge on any atom is 0.259 e. The van der Waals surface area contributed by atoms with Crippen molar-refractivity contribution < 1.29 is 8.78 Å². The fourth-order valence-electron chi connectivity index (χ4n) is 0.702. The smallest absolute Gasteiger partial charge is 0.259 e. The Balaban J connectivity index is 2.77. The van der Waals surface area contributed by atoms with Crippen LogP contribution in [0.2, 0.25) is 0 Å². The molecule has 1 rings (SSSR count). The van der Waals surface area contributed by atoms with E-state index in [1.54, 1.807) is 12.1 Å². The summed E-state index contributed by atoms with van der Waals surface area (Å²) in [5.74, 6) is 0. The lowest BCUT2D eigenvalue weighted by Crippen LogP contribution is -2.19. The summed E-state index contributed by atoms with van der Waals surface area (Å²) in [6.45, 7) is 0. The SMILES string of the molecule is NC(c1ccccn1)C(F)F. The molecular formula is C7H8F2N2. The van der Waals surface area contributed by atoms with E-state index in [1.165, 1.54) is 12.3 Å². The van der Waals surface area contributed by atoms with Gasteiger partial charge in [0.1, 0.15) is 6.04 Å². The Morgan fingerprint density at radius 3 is 2.55 bits per heavy atom. The molecular weight excluding hydrogens is 150 g/mol. The number of aromatic nitrogens is 1. The van der Waals surface area contributed by atoms with Gasteiger partial charge >= 0.3 is 0 Å². The van der Waals surface area contributed by atoms with Gasteiger partial charge in [0.2, 0.25) is 0 Å². The van der Waals surface area contributed by atoms with E-state index in [0.717, 1.165) is 0 Å². The Hall–Kier alpha value is -1.03. The lowest BCUT2D eigenvalue weighted by molar-refractivity contribution is 0.114. The van der Waals surface area contributed by atoms with Crippen molar-refractivity contribution in [2.45, 2.75) is 12.5 Å². The zero-order valence-electron chi connectivity index (χ0n) is 5.74. The van der Waals surface area contributed by atoms with E-state index >= 15 is 0 Å². The van der Waals surface area contributed by atoms with Gasteiger partial charge in [-0.05, 0) is 12.1 Å². The maximum absolute atomic E-state index is 11.9. The first-order valence-corrected chi connectivity index (χ1v) is 3.16. The molecule has 11 heavy (non-hydrogen) atoms. The number of nitrogens with two attached hydrogens (primary N) is 1. The van der Waals surface area contributed by atoms with Gasteiger partial charge in [-0.1, -0.05) is 6.07 Å². The molecule has 0 saturated carbocycles. The summed E-state index contributed by atoms with van der Waals surface area (Å²) < 4.78 is 23.9. The molecule has 0 bridgehead atoms. The molecule has 0 saturated heterocycles. The number of hydrogen-bond donors (Lipinski definition) is 1. The Labute approximate surface area is 63.1 Å². The molecule has 0 aliphatic heterocycles. The zero-order valence-corrected chi connectivity index (χ0v) is 5.74. The van der Waals surface area contributed by atoms with Crippen LogP contribution >= 0.6 is 0 Å². The van der Waals surface area contributed by atoms with Crippen LogP contribution in [0.25, 0.3) is 0 Å². The van der Waals surface area contributed by atoms with Crippen LogP contribution in [0.3, 0.4) is 0 Å². The summed E-state index contributed by atoms with van der Waals surface area (Å²) in [5.41, 5.74) is 5.35. The van der Waals surface area contributed by atoms with Gasteiger partial charge in [-0.25, -0.2) is 8.78 Å². The van der Waals surface area contributed by atoms with Crippen molar-refractivity contribution >= 4 is 0 Å². The number of rotatable bonds is 2. The Kier molecular flexibility index (Phi) is 2.48. The van der Waals surface area contributed by atoms with E-state index < -0.39 is 12.5 Å². The Morgan fingerprint density at radius 2 is 2.09 bits per heavy atom. The van der Waals surface area contributed by atoms with E-state index in [0.29, 0.717) is 0 Å². The highest BCUT2D eigenvalue weighted by Gasteiger charge is 2.17. The molecule has 0 aliphatic carbocycles. The van der Waals surface area contributed by atoms with Gasteiger partial charge < -0.3 is 5.73 Å². The molecule has 0 spiro atoms. The van der Waals surface area contributed by atoms with E-state index in [1.807, 2.05) is 0 Å². The van der Waals surface area contributed by atoms with E-state index in [4.69, 9.17) is 5.73 Å². The molecule has 1 unspecified atom stereocenters. The van der Waals surface area contributed by atoms with Crippen molar-refractivity contribution in [3.63, 3.8) is 0 Å². The first-order valence-electron chi connectivity index (χ1n) is 3.16. The lowest BCUT2D eigenvalue weighted by atomic mass is 10.2. The van der Waals surface area contributed by atoms with Gasteiger partial charge in [-0.15, -0.1) is 0 Å². The molecule has 4 heteroatoms. The summed E-state index contributed by atoms with van der Waals surface area (Å²) in [7, 11) is 0. The van der Waals surface area contributed by atoms with Crippen LogP contribution < -0.4 is 5.73 Å². The van der Waals surface area contributed by atoms with Gasteiger partial charge in [0, 0.05) is 6.20 Å². The second-order valence-corrected chi connectivity index (χ2v) is 2.11. The van der Waals surface area contributed by atoms with Crippen LogP contribution in [0.1, 0.15) is 11.7 Å². The normalized spacial score (nSPS) is 13.5. The molecule has 1 heterocycles. The molecule has 60 valence electrons. The van der Waals surface area contributed by atoms with Crippen LogP contribution in [0, 0.1) is 0 Å². The van der Waals surface area contributed by atoms with Gasteiger partial charge in [0.15, 0.2) is 0 Å². The molecule has 0 aliphatic rings. The van der Waals surface area contributed by atoms with Gasteiger partial charge in [-0.3, -0.25) is 4.98 Å². The average molecular weight is 158 g/mol. The van der Waals surface area contributed by atoms with Crippen molar-refractivity contribution in [2.24, 2.45) is 5.73 Å². The fraction of sp³-hybridized carbons (Fsp3) is 0.286. The summed E-state index contributed by atoms with van der Waals surface area (Å²) in [4.78, 5) is 3.69. The molecule has 1 atom stereocenters. The number of hydrogen-bond acceptors (Lipinski definition) is 2. The third-order valence-electron chi connectivity index (χ3n) is 1.30. The first kappa shape index (κ1) is 8.07. The van der Waals surface area contributed by atoms with Crippen LogP contribution in [-0.2, 0) is 0 Å². The van der Waals surface area contributed by atoms with Crippen molar-refractivity contribution in [1.82, 2.24) is 4.98 Å². The number of alkyl halides is 2. The molecule has 0 fully saturated rings. The second-order valence-electron chi connectivity index (χ2n) is 2.11. The zero-order chi connectivity index (χ0) is 8.27. The number of nitrogens with zero attached hydrogens (tertiary/aromatic N) is 1. The monoisotopic (exact) mass is 158 g/mol. The minimum absolute atomic E-state index is 0.225. The van der Waals surface area contributed by atoms with Crippen molar-refractivity contribution in [3.8, 4) is 0 Å². The van der Waals surface area contributed by atoms with Crippen LogP contribution in [-0.4, -0.2) is 11.4 Å². The summed E-state index contributed by atoms with van der Waals surface area (Å²) in [6.07, 6.45) is -1.11. The van der Waals surface area contributed by atoms with Gasteiger partial charge in [0.25, 0.3) is 6.43 Å². The minimum Gasteiger partial charge on any atom is -0.318 e. The van der Waals surface area contributed by atoms with E-state index in [2.05, 4.69) is 4.98 Å². The first-order chi connectivity index (χ1) is 5.22. The van der Waals surface area contributed by atoms with Gasteiger partial charge in [-0.2, -0.15) is 0 Å². The van der Waals surface area contributed by atoms with Crippen LogP contribution in [0.5, 0.6) is 0 Å². The molecule has 0 aromatic carbocycles. The largest absolute Gasteiger partial charge is 0.318 e. The highest BCUT2D eigenvalue weighted by molar-refractivity contribution is 5.08. The minimum atomic E-state index is -2.55. The highest BCUT2D eigenvalue weighted by Crippen LogP contribution is 2.14. The molecule has 1 aromatic rings. The van der Waals surface area contributed by atoms with Crippen molar-refractivity contribution in [3.05, 3.63) is 30.1 Å². The van der Waals surface area contributed by atoms with Gasteiger partial charge in [0.05, 0.1) is 5.69 Å². The maximum atomic E-state index is 11.9. The Morgan fingerprint density at radius 1 is 1.36 bits per heavy atom. The summed E-state index contributed by atoms with van der Waals surface area (Å²) in [5, 5.41) is 0. The molecule has 1 aromatic heterocycles. The standard InChI is InChI=1S/C7H8F2N2/c8-7(9)6(10)5-3-1-2-4-11-5/h1-4,6-7H,10H2. The molecule has 0 amide bonds. The van der Waals surface area contributed by atoms with Crippen LogP contribution in [0.4, 0.5) is 8.78 Å². The highest BCUT2D eigenvalue weighted by atomic mass is 19.3. The quantitative estimate of drug-likeness (QED) is 0.705. The third-order valence-corrected chi connectivity index (χ3v) is 1.30. The summed E-state index contributed by atoms with van der Waals surface area (Å²) in [6, 6.07) is 3.50. The lowest BCUT2D eigenvalue weighted by Gasteiger charge is -2.07. The summed E-state index contributed by atoms with van der Waals surface area (Å²) >= 11 is 0. The number of pyridine rings is 1. The average Bonchev–Trinajstić information content (AvgIpc) is 2.05. The molecule has 2 nitrogen and oxygen atoms in total. The number of halogens is 2. The van der Waals surface area contributed by atoms with E-state index in [9.17, 15) is 8.78 Å². The Bertz CT molecular complexity index is 213. The second kappa shape index (κ2) is 3.39. The van der Waals surface area contributed by atoms with E-state index in [-0.39, 0.29) is 5.69 Å². The molecule has 2 N–H and O–H groups in total. The van der Waals surface area contributed by atoms with Crippen molar-refractivity contribution in [2.75, 3.05) is 0 Å².